The quantitative estimate of drug-likeness (QED) is 0.155. The summed E-state index contributed by atoms with van der Waals surface area (Å²) in [5.41, 5.74) is 7.79. The minimum atomic E-state index is -1.14. The number of imidazole rings is 6. The van der Waals surface area contributed by atoms with Crippen molar-refractivity contribution in [1.82, 2.24) is 41.9 Å². The number of hydrogen-bond acceptors (Lipinski definition) is 12. The molecule has 0 fully saturated rings. The van der Waals surface area contributed by atoms with Gasteiger partial charge in [0.15, 0.2) is 0 Å². The first kappa shape index (κ1) is 41.3. The van der Waals surface area contributed by atoms with Gasteiger partial charge < -0.3 is 42.6 Å². The number of fused-ring (bicyclic) bond motifs is 15. The molecule has 0 saturated heterocycles. The fraction of sp³-hybridized carbons (Fsp3) is 0.0312. The van der Waals surface area contributed by atoms with Gasteiger partial charge in [0.2, 0.25) is 17.3 Å². The zero-order valence-electron chi connectivity index (χ0n) is 89.2. The van der Waals surface area contributed by atoms with E-state index < -0.39 is 110 Å². The highest BCUT2D eigenvalue weighted by Gasteiger charge is 2.51. The molecule has 0 unspecified atom stereocenters. The van der Waals surface area contributed by atoms with E-state index in [4.69, 9.17) is 86.9 Å². The number of ether oxygens (including phenoxy) is 9. The number of nitrogens with zero attached hydrogens (tertiary/aromatic N) is 9. The highest BCUT2D eigenvalue weighted by molar-refractivity contribution is 7.01. The van der Waals surface area contributed by atoms with Gasteiger partial charge >= 0.3 is 0 Å². The molecule has 9 aliphatic heterocycles. The normalized spacial score (nSPS) is 17.3. The van der Waals surface area contributed by atoms with Crippen LogP contribution in [-0.2, 0) is 0 Å². The number of hydrogen-bond donors (Lipinski definition) is 0. The van der Waals surface area contributed by atoms with Crippen LogP contribution >= 0.6 is 0 Å². The largest absolute Gasteiger partial charge is 0.458 e. The fourth-order valence-corrected chi connectivity index (χ4v) is 18.1. The average molecular weight is 1540 g/mol. The van der Waals surface area contributed by atoms with Crippen LogP contribution in [0.25, 0.3) is 101 Å². The Morgan fingerprint density at radius 2 is 0.615 bits per heavy atom. The third kappa shape index (κ3) is 8.17. The summed E-state index contributed by atoms with van der Waals surface area (Å²) in [4.78, 5) is 14.3. The number of rotatable bonds is 3. The van der Waals surface area contributed by atoms with Gasteiger partial charge in [0.25, 0.3) is 20.1 Å². The molecule has 117 heavy (non-hydrogen) atoms. The zero-order chi connectivity index (χ0) is 101. The summed E-state index contributed by atoms with van der Waals surface area (Å²) in [5, 5.41) is 0. The minimum Gasteiger partial charge on any atom is -0.458 e. The van der Waals surface area contributed by atoms with E-state index in [-0.39, 0.29) is 244 Å². The van der Waals surface area contributed by atoms with E-state index in [1.165, 1.54) is 15.7 Å². The lowest BCUT2D eigenvalue weighted by Crippen LogP contribution is -2.59. The Balaban J connectivity index is 0.000000106. The first-order valence-corrected chi connectivity index (χ1v) is 36.9. The average Bonchev–Trinajstić information content (AvgIpc) is 0.997. The lowest BCUT2D eigenvalue weighted by Gasteiger charge is -2.38. The van der Waals surface area contributed by atoms with E-state index in [1.54, 1.807) is 35.1 Å². The van der Waals surface area contributed by atoms with Crippen LogP contribution in [-0.4, -0.2) is 62.0 Å². The highest BCUT2D eigenvalue weighted by atomic mass is 16.5. The van der Waals surface area contributed by atoms with Crippen LogP contribution in [0, 0.1) is 20.8 Å². The summed E-state index contributed by atoms with van der Waals surface area (Å²) >= 11 is 0. The van der Waals surface area contributed by atoms with E-state index in [0.29, 0.717) is 79.0 Å². The van der Waals surface area contributed by atoms with Crippen molar-refractivity contribution < 1.29 is 82.4 Å². The number of benzene rings is 15. The summed E-state index contributed by atoms with van der Waals surface area (Å²) in [6, 6.07) is 18.9. The van der Waals surface area contributed by atoms with Gasteiger partial charge in [-0.1, -0.05) is 96.8 Å². The standard InChI is InChI=1S/3C32H18BN3O3/c2*1-17-12-13-20-19(14-17)34-32-35(21-6-2-3-7-22(21)36(20)32)18-15-27-31-28(16-18)39-26-11-5-9-24-30(26)33(31)29-23(37-24)8-4-10-25(29)38-27;1-17-13-14-25-30-31(17)39-27-16-18(15-26-29(27)33(30)28-23(37-25)11-6-12-24(28)38-26)35-21-9-4-5-10-22(21)36-20-8-3-2-7-19(20)34-32(35)36/h3*2-16H,1H3/i2D,3D,4D,5D,6D,7D,8D,9D,10D,11D,12D,13D,14D,15D,16D;2D,3D,6D,7D,12D,13D,14D;6D,11D,12D,13D,14D,15D,16D. The van der Waals surface area contributed by atoms with Gasteiger partial charge in [-0.2, -0.15) is 0 Å². The van der Waals surface area contributed by atoms with Crippen LogP contribution in [0.4, 0.5) is 0 Å². The molecule has 0 atom stereocenters. The minimum absolute atomic E-state index is 0.0162. The van der Waals surface area contributed by atoms with Crippen molar-refractivity contribution in [1.29, 1.82) is 0 Å². The molecule has 0 bridgehead atoms. The molecule has 30 rings (SSSR count). The van der Waals surface area contributed by atoms with Crippen molar-refractivity contribution in [3.05, 3.63) is 289 Å². The Kier molecular flexibility index (Phi) is 7.78. The molecular weight excluding hydrogens is 1460 g/mol. The van der Waals surface area contributed by atoms with Gasteiger partial charge in [0.05, 0.1) is 123 Å². The van der Waals surface area contributed by atoms with Crippen LogP contribution in [0.3, 0.4) is 0 Å². The Morgan fingerprint density at radius 3 is 1.12 bits per heavy atom. The topological polar surface area (TPSA) is 150 Å². The highest BCUT2D eigenvalue weighted by Crippen LogP contribution is 2.49. The van der Waals surface area contributed by atoms with E-state index in [1.807, 2.05) is 89.3 Å². The molecule has 0 saturated carbocycles. The first-order valence-electron chi connectivity index (χ1n) is 51.4. The molecular formula is C96H54B3N9O9. The van der Waals surface area contributed by atoms with E-state index >= 15 is 0 Å². The van der Waals surface area contributed by atoms with Crippen LogP contribution < -0.4 is 91.8 Å². The third-order valence-corrected chi connectivity index (χ3v) is 22.7. The summed E-state index contributed by atoms with van der Waals surface area (Å²) in [7, 11) is 0. The molecule has 546 valence electrons. The zero-order valence-corrected chi connectivity index (χ0v) is 60.2. The third-order valence-electron chi connectivity index (χ3n) is 22.7. The van der Waals surface area contributed by atoms with Gasteiger partial charge in [0, 0.05) is 85.5 Å². The van der Waals surface area contributed by atoms with Gasteiger partial charge in [0.1, 0.15) is 103 Å². The first-order chi connectivity index (χ1) is 69.8. The summed E-state index contributed by atoms with van der Waals surface area (Å²) in [5.74, 6) is 2.81. The van der Waals surface area contributed by atoms with Gasteiger partial charge in [-0.25, -0.2) is 15.0 Å². The SMILES string of the molecule is [2H]c1c([2H])c([2H])c2c(c1[2H])n(-c1cc3c4c(c1)Oc1cccc5c1B4c1c(cccc1O3)O5)c1nc3c([2H])c(C)c([2H])c([2H])c3n21.[2H]c1c([2H])c2c3c(c1[2H])Oc1c([2H])c(-n4c5c([2H])c([2H])c([2H])c([2H])c5n5c6c([2H])c([2H])c(C)c([2H])c6nc45)c([2H])c4c1B3c1c(c([2H])c([2H])c([2H])c1O4)O2.[2H]c1c([2H])c2c3c(c1[2H])Oc1c([2H])c([2H])c(C)c4c1B3c1c(c([2H])c(-n3c5ccccc5n5c6ccccc6nc35)c([2H])c1O4)O2. The number of para-hydroxylation sites is 8. The molecule has 15 heterocycles. The molecule has 18 nitrogen and oxygen atoms in total. The predicted molar refractivity (Wildman–Crippen MR) is 456 cm³/mol. The van der Waals surface area contributed by atoms with Crippen LogP contribution in [0.2, 0.25) is 0 Å². The van der Waals surface area contributed by atoms with E-state index in [0.717, 1.165) is 37.5 Å². The van der Waals surface area contributed by atoms with Gasteiger partial charge in [-0.15, -0.1) is 0 Å². The van der Waals surface area contributed by atoms with Crippen LogP contribution in [0.15, 0.2) is 272 Å². The lowest BCUT2D eigenvalue weighted by atomic mass is 9.34. The molecule has 15 aromatic carbocycles. The molecule has 21 heteroatoms. The molecule has 9 aliphatic rings. The van der Waals surface area contributed by atoms with Crippen LogP contribution in [0.5, 0.6) is 103 Å². The van der Waals surface area contributed by atoms with Crippen molar-refractivity contribution in [3.63, 3.8) is 0 Å². The molecule has 0 aliphatic carbocycles. The fourth-order valence-electron chi connectivity index (χ4n) is 18.1. The van der Waals surface area contributed by atoms with Crippen molar-refractivity contribution in [2.45, 2.75) is 20.8 Å². The Labute approximate surface area is 705 Å². The second-order valence-electron chi connectivity index (χ2n) is 29.1. The lowest BCUT2D eigenvalue weighted by molar-refractivity contribution is 0.440. The maximum absolute atomic E-state index is 9.63. The molecule has 0 amide bonds. The maximum atomic E-state index is 9.63. The second kappa shape index (κ2) is 22.0. The molecule has 6 aromatic heterocycles. The van der Waals surface area contributed by atoms with E-state index in [2.05, 4.69) is 4.98 Å². The monoisotopic (exact) mass is 1540 g/mol. The number of aromatic nitrogens is 9. The summed E-state index contributed by atoms with van der Waals surface area (Å²) in [6.07, 6.45) is 0. The van der Waals surface area contributed by atoms with Crippen LogP contribution in [0.1, 0.15) is 56.4 Å². The molecule has 0 radical (unpaired) electrons. The molecule has 0 N–H and O–H groups in total. The van der Waals surface area contributed by atoms with Crippen molar-refractivity contribution >= 4 is 153 Å². The predicted octanol–water partition coefficient (Wildman–Crippen LogP) is 16.7. The Bertz CT molecular complexity index is 9850. The second-order valence-corrected chi connectivity index (χ2v) is 29.1. The molecule has 21 aromatic rings. The summed E-state index contributed by atoms with van der Waals surface area (Å²) in [6.45, 7) is 2.56. The Hall–Kier alpha value is -15.5. The maximum Gasteiger partial charge on any atom is 0.270 e. The summed E-state index contributed by atoms with van der Waals surface area (Å²) < 4.78 is 321. The van der Waals surface area contributed by atoms with Crippen molar-refractivity contribution in [2.24, 2.45) is 0 Å². The van der Waals surface area contributed by atoms with Crippen molar-refractivity contribution in [3.8, 4) is 121 Å². The van der Waals surface area contributed by atoms with Crippen molar-refractivity contribution in [2.75, 3.05) is 0 Å². The molecule has 0 spiro atoms. The smallest absolute Gasteiger partial charge is 0.270 e. The van der Waals surface area contributed by atoms with E-state index in [9.17, 15) is 5.48 Å². The van der Waals surface area contributed by atoms with Gasteiger partial charge in [-0.05, 0) is 177 Å². The van der Waals surface area contributed by atoms with Gasteiger partial charge in [-0.3, -0.25) is 26.9 Å². The Morgan fingerprint density at radius 1 is 0.256 bits per heavy atom.